The zero-order valence-corrected chi connectivity index (χ0v) is 10.4. The van der Waals surface area contributed by atoms with Crippen LogP contribution in [0, 0.1) is 5.92 Å². The van der Waals surface area contributed by atoms with Crippen LogP contribution in [0.1, 0.15) is 19.5 Å². The average Bonchev–Trinajstić information content (AvgIpc) is 2.18. The molecule has 4 nitrogen and oxygen atoms in total. The van der Waals surface area contributed by atoms with Gasteiger partial charge in [-0.2, -0.15) is 17.6 Å². The van der Waals surface area contributed by atoms with Crippen molar-refractivity contribution in [3.05, 3.63) is 10.7 Å². The van der Waals surface area contributed by atoms with Gasteiger partial charge in [0.1, 0.15) is 5.02 Å². The van der Waals surface area contributed by atoms with E-state index in [1.165, 1.54) is 0 Å². The third-order valence-electron chi connectivity index (χ3n) is 1.76. The summed E-state index contributed by atoms with van der Waals surface area (Å²) in [4.78, 5) is 8.04. The minimum Gasteiger partial charge on any atom is -0.368 e. The molecule has 1 rings (SSSR count). The zero-order valence-electron chi connectivity index (χ0n) is 8.79. The summed E-state index contributed by atoms with van der Waals surface area (Å²) in [7, 11) is 0. The van der Waals surface area contributed by atoms with E-state index < -0.39 is 0 Å². The standard InChI is InChI=1S/C9H15ClN4S/c1-5(2)3-12-8-7(10)6(4-15)13-9(11)14-8/h5,15H,3-4H2,1-2H3,(H3,11,12,13,14). The van der Waals surface area contributed by atoms with Crippen LogP contribution >= 0.6 is 24.2 Å². The minimum atomic E-state index is 0.217. The molecular weight excluding hydrogens is 232 g/mol. The first-order valence-corrected chi connectivity index (χ1v) is 5.72. The fraction of sp³-hybridized carbons (Fsp3) is 0.556. The van der Waals surface area contributed by atoms with Gasteiger partial charge < -0.3 is 11.1 Å². The SMILES string of the molecule is CC(C)CNc1nc(N)nc(CS)c1Cl. The first-order chi connectivity index (χ1) is 7.04. The van der Waals surface area contributed by atoms with Gasteiger partial charge in [-0.25, -0.2) is 4.98 Å². The lowest BCUT2D eigenvalue weighted by atomic mass is 10.2. The van der Waals surface area contributed by atoms with Crippen molar-refractivity contribution in [3.63, 3.8) is 0 Å². The Morgan fingerprint density at radius 2 is 2.13 bits per heavy atom. The van der Waals surface area contributed by atoms with Crippen LogP contribution in [0.5, 0.6) is 0 Å². The van der Waals surface area contributed by atoms with Gasteiger partial charge in [-0.1, -0.05) is 25.4 Å². The highest BCUT2D eigenvalue weighted by Crippen LogP contribution is 2.24. The van der Waals surface area contributed by atoms with Crippen molar-refractivity contribution < 1.29 is 0 Å². The Bertz CT molecular complexity index is 343. The summed E-state index contributed by atoms with van der Waals surface area (Å²) in [5.41, 5.74) is 6.21. The minimum absolute atomic E-state index is 0.217. The summed E-state index contributed by atoms with van der Waals surface area (Å²) in [6, 6.07) is 0. The van der Waals surface area contributed by atoms with Crippen LogP contribution < -0.4 is 11.1 Å². The van der Waals surface area contributed by atoms with Gasteiger partial charge in [0.05, 0.1) is 5.69 Å². The van der Waals surface area contributed by atoms with Crippen LogP contribution in [0.25, 0.3) is 0 Å². The number of hydrogen-bond acceptors (Lipinski definition) is 5. The van der Waals surface area contributed by atoms with Crippen LogP contribution in [-0.4, -0.2) is 16.5 Å². The van der Waals surface area contributed by atoms with Crippen molar-refractivity contribution in [2.45, 2.75) is 19.6 Å². The molecule has 1 aromatic heterocycles. The number of aromatic nitrogens is 2. The van der Waals surface area contributed by atoms with E-state index in [0.717, 1.165) is 6.54 Å². The summed E-state index contributed by atoms with van der Waals surface area (Å²) in [5, 5.41) is 3.63. The molecular formula is C9H15ClN4S. The highest BCUT2D eigenvalue weighted by molar-refractivity contribution is 7.79. The van der Waals surface area contributed by atoms with Crippen LogP contribution in [0.2, 0.25) is 5.02 Å². The number of thiol groups is 1. The lowest BCUT2D eigenvalue weighted by Gasteiger charge is -2.11. The summed E-state index contributed by atoms with van der Waals surface area (Å²) < 4.78 is 0. The molecule has 0 fully saturated rings. The number of nitrogens with two attached hydrogens (primary N) is 1. The number of anilines is 2. The van der Waals surface area contributed by atoms with Crippen molar-refractivity contribution in [2.24, 2.45) is 5.92 Å². The number of nitrogens with one attached hydrogen (secondary N) is 1. The molecule has 0 radical (unpaired) electrons. The van der Waals surface area contributed by atoms with E-state index in [2.05, 4.69) is 41.8 Å². The second-order valence-electron chi connectivity index (χ2n) is 3.62. The monoisotopic (exact) mass is 246 g/mol. The van der Waals surface area contributed by atoms with Gasteiger partial charge in [0, 0.05) is 12.3 Å². The van der Waals surface area contributed by atoms with E-state index in [4.69, 9.17) is 17.3 Å². The third kappa shape index (κ3) is 3.43. The van der Waals surface area contributed by atoms with E-state index >= 15 is 0 Å². The molecule has 1 heterocycles. The van der Waals surface area contributed by atoms with E-state index in [1.54, 1.807) is 0 Å². The van der Waals surface area contributed by atoms with E-state index in [9.17, 15) is 0 Å². The molecule has 0 bridgehead atoms. The zero-order chi connectivity index (χ0) is 11.4. The van der Waals surface area contributed by atoms with Gasteiger partial charge in [0.25, 0.3) is 0 Å². The van der Waals surface area contributed by atoms with E-state index in [0.29, 0.717) is 28.2 Å². The van der Waals surface area contributed by atoms with Crippen LogP contribution in [0.3, 0.4) is 0 Å². The number of rotatable bonds is 4. The molecule has 84 valence electrons. The van der Waals surface area contributed by atoms with Crippen molar-refractivity contribution in [1.29, 1.82) is 0 Å². The van der Waals surface area contributed by atoms with Crippen molar-refractivity contribution in [3.8, 4) is 0 Å². The number of nitrogen functional groups attached to an aromatic ring is 1. The van der Waals surface area contributed by atoms with Gasteiger partial charge in [0.2, 0.25) is 5.95 Å². The fourth-order valence-corrected chi connectivity index (χ4v) is 1.58. The molecule has 0 saturated carbocycles. The summed E-state index contributed by atoms with van der Waals surface area (Å²) in [6.07, 6.45) is 0. The Labute approximate surface area is 100 Å². The topological polar surface area (TPSA) is 63.8 Å². The molecule has 1 aromatic rings. The molecule has 0 spiro atoms. The van der Waals surface area contributed by atoms with Crippen molar-refractivity contribution >= 4 is 36.0 Å². The Morgan fingerprint density at radius 3 is 2.67 bits per heavy atom. The van der Waals surface area contributed by atoms with E-state index in [-0.39, 0.29) is 5.95 Å². The van der Waals surface area contributed by atoms with Gasteiger partial charge in [-0.15, -0.1) is 0 Å². The molecule has 0 amide bonds. The third-order valence-corrected chi connectivity index (χ3v) is 2.46. The highest BCUT2D eigenvalue weighted by Gasteiger charge is 2.10. The van der Waals surface area contributed by atoms with Gasteiger partial charge in [-0.05, 0) is 5.92 Å². The summed E-state index contributed by atoms with van der Waals surface area (Å²) in [6.45, 7) is 5.00. The molecule has 0 aliphatic rings. The maximum Gasteiger partial charge on any atom is 0.222 e. The first-order valence-electron chi connectivity index (χ1n) is 4.71. The Balaban J connectivity index is 2.91. The smallest absolute Gasteiger partial charge is 0.222 e. The molecule has 0 saturated heterocycles. The molecule has 15 heavy (non-hydrogen) atoms. The molecule has 0 aliphatic carbocycles. The second kappa shape index (κ2) is 5.42. The predicted molar refractivity (Wildman–Crippen MR) is 67.5 cm³/mol. The fourth-order valence-electron chi connectivity index (χ4n) is 1.04. The van der Waals surface area contributed by atoms with Crippen LogP contribution in [0.15, 0.2) is 0 Å². The first kappa shape index (κ1) is 12.4. The maximum atomic E-state index is 6.07. The Kier molecular flexibility index (Phi) is 4.47. The Morgan fingerprint density at radius 1 is 1.47 bits per heavy atom. The van der Waals surface area contributed by atoms with Gasteiger partial charge >= 0.3 is 0 Å². The molecule has 0 aliphatic heterocycles. The molecule has 0 unspecified atom stereocenters. The quantitative estimate of drug-likeness (QED) is 0.713. The largest absolute Gasteiger partial charge is 0.368 e. The highest BCUT2D eigenvalue weighted by atomic mass is 35.5. The van der Waals surface area contributed by atoms with Crippen LogP contribution in [-0.2, 0) is 5.75 Å². The number of hydrogen-bond donors (Lipinski definition) is 3. The molecule has 6 heteroatoms. The Hall–Kier alpha value is -0.680. The second-order valence-corrected chi connectivity index (χ2v) is 4.32. The molecule has 0 aromatic carbocycles. The van der Waals surface area contributed by atoms with Gasteiger partial charge in [0.15, 0.2) is 5.82 Å². The number of halogens is 1. The molecule has 3 N–H and O–H groups in total. The van der Waals surface area contributed by atoms with Gasteiger partial charge in [-0.3, -0.25) is 0 Å². The maximum absolute atomic E-state index is 6.07. The lowest BCUT2D eigenvalue weighted by molar-refractivity contribution is 0.687. The lowest BCUT2D eigenvalue weighted by Crippen LogP contribution is -2.12. The predicted octanol–water partition coefficient (Wildman–Crippen LogP) is 2.21. The summed E-state index contributed by atoms with van der Waals surface area (Å²) in [5.74, 6) is 1.76. The average molecular weight is 247 g/mol. The normalized spacial score (nSPS) is 10.7. The van der Waals surface area contributed by atoms with Crippen molar-refractivity contribution in [2.75, 3.05) is 17.6 Å². The summed E-state index contributed by atoms with van der Waals surface area (Å²) >= 11 is 10.2. The van der Waals surface area contributed by atoms with Crippen molar-refractivity contribution in [1.82, 2.24) is 9.97 Å². The van der Waals surface area contributed by atoms with Crippen LogP contribution in [0.4, 0.5) is 11.8 Å². The van der Waals surface area contributed by atoms with E-state index in [1.807, 2.05) is 0 Å². The number of nitrogens with zero attached hydrogens (tertiary/aromatic N) is 2. The molecule has 0 atom stereocenters.